The Bertz CT molecular complexity index is 568. The minimum atomic E-state index is -0.594. The summed E-state index contributed by atoms with van der Waals surface area (Å²) in [7, 11) is 2.52. The molecule has 0 unspecified atom stereocenters. The van der Waals surface area contributed by atoms with Gasteiger partial charge in [0, 0.05) is 6.42 Å². The fourth-order valence-electron chi connectivity index (χ4n) is 1.80. The van der Waals surface area contributed by atoms with Crippen LogP contribution in [0.3, 0.4) is 0 Å². The molecule has 6 nitrogen and oxygen atoms in total. The van der Waals surface area contributed by atoms with Crippen LogP contribution < -0.4 is 5.32 Å². The van der Waals surface area contributed by atoms with Crippen molar-refractivity contribution in [3.63, 3.8) is 0 Å². The molecule has 122 valence electrons. The number of methoxy groups -OCH3 is 2. The van der Waals surface area contributed by atoms with Crippen LogP contribution in [0.1, 0.15) is 38.4 Å². The van der Waals surface area contributed by atoms with Gasteiger partial charge >= 0.3 is 11.9 Å². The molecular weight excluding hydrogens is 326 g/mol. The number of amides is 1. The third-order valence-corrected chi connectivity index (χ3v) is 4.80. The van der Waals surface area contributed by atoms with Crippen molar-refractivity contribution in [2.24, 2.45) is 0 Å². The van der Waals surface area contributed by atoms with Gasteiger partial charge in [-0.15, -0.1) is 11.3 Å². The average Bonchev–Trinajstić information content (AvgIpc) is 2.82. The summed E-state index contributed by atoms with van der Waals surface area (Å²) in [6, 6.07) is 0. The number of ether oxygens (including phenoxy) is 2. The fraction of sp³-hybridized carbons (Fsp3) is 0.500. The van der Waals surface area contributed by atoms with E-state index >= 15 is 0 Å². The molecule has 1 aromatic heterocycles. The zero-order valence-electron chi connectivity index (χ0n) is 13.0. The van der Waals surface area contributed by atoms with Gasteiger partial charge in [0.2, 0.25) is 5.91 Å². The van der Waals surface area contributed by atoms with Gasteiger partial charge < -0.3 is 14.8 Å². The van der Waals surface area contributed by atoms with Crippen LogP contribution in [-0.2, 0) is 14.3 Å². The van der Waals surface area contributed by atoms with Crippen LogP contribution in [0.25, 0.3) is 0 Å². The highest BCUT2D eigenvalue weighted by Gasteiger charge is 2.26. The Labute approximate surface area is 137 Å². The van der Waals surface area contributed by atoms with E-state index in [-0.39, 0.29) is 16.3 Å². The lowest BCUT2D eigenvalue weighted by Gasteiger charge is -2.05. The summed E-state index contributed by atoms with van der Waals surface area (Å²) in [6.45, 7) is 1.62. The van der Waals surface area contributed by atoms with E-state index in [1.54, 1.807) is 18.7 Å². The molecule has 0 bridgehead atoms. The average molecular weight is 345 g/mol. The molecule has 1 heterocycles. The smallest absolute Gasteiger partial charge is 0.348 e. The molecule has 0 aliphatic carbocycles. The normalized spacial score (nSPS) is 10.2. The number of hydrogen-bond acceptors (Lipinski definition) is 7. The summed E-state index contributed by atoms with van der Waals surface area (Å²) in [5.41, 5.74) is 0.647. The summed E-state index contributed by atoms with van der Waals surface area (Å²) in [5, 5.41) is 3.00. The summed E-state index contributed by atoms with van der Waals surface area (Å²) >= 11 is 2.68. The van der Waals surface area contributed by atoms with E-state index in [0.717, 1.165) is 23.5 Å². The van der Waals surface area contributed by atoms with Gasteiger partial charge in [-0.3, -0.25) is 4.79 Å². The van der Waals surface area contributed by atoms with Crippen LogP contribution in [0.15, 0.2) is 0 Å². The number of anilines is 1. The summed E-state index contributed by atoms with van der Waals surface area (Å²) in [6.07, 6.45) is 3.07. The Morgan fingerprint density at radius 3 is 2.36 bits per heavy atom. The second kappa shape index (κ2) is 8.79. The maximum Gasteiger partial charge on any atom is 0.348 e. The van der Waals surface area contributed by atoms with Gasteiger partial charge in [0.05, 0.1) is 19.8 Å². The molecular formula is C14H19NO5S2. The van der Waals surface area contributed by atoms with E-state index in [1.165, 1.54) is 14.2 Å². The number of nitrogens with one attached hydrogen (secondary N) is 1. The first-order valence-corrected chi connectivity index (χ1v) is 8.76. The quantitative estimate of drug-likeness (QED) is 0.604. The first kappa shape index (κ1) is 18.5. The van der Waals surface area contributed by atoms with Crippen molar-refractivity contribution in [2.75, 3.05) is 31.5 Å². The maximum atomic E-state index is 11.9. The predicted octanol–water partition coefficient (Wildman–Crippen LogP) is 2.71. The van der Waals surface area contributed by atoms with E-state index in [4.69, 9.17) is 4.74 Å². The van der Waals surface area contributed by atoms with Gasteiger partial charge in [0.1, 0.15) is 9.88 Å². The van der Waals surface area contributed by atoms with E-state index in [2.05, 4.69) is 10.1 Å². The highest BCUT2D eigenvalue weighted by molar-refractivity contribution is 7.98. The van der Waals surface area contributed by atoms with Crippen molar-refractivity contribution in [3.05, 3.63) is 16.0 Å². The number of thiophene rings is 1. The number of esters is 2. The fourth-order valence-corrected chi connectivity index (χ4v) is 3.37. The molecule has 1 N–H and O–H groups in total. The molecule has 0 spiro atoms. The Morgan fingerprint density at radius 1 is 1.18 bits per heavy atom. The van der Waals surface area contributed by atoms with E-state index in [9.17, 15) is 14.4 Å². The number of thioether (sulfide) groups is 1. The lowest BCUT2D eigenvalue weighted by Crippen LogP contribution is -2.14. The standard InChI is InChI=1S/C14H19NO5S2/c1-8-10(13(17)19-2)12(22-11(8)14(18)20-3)15-9(16)6-5-7-21-4/h5-7H2,1-4H3,(H,15,16). The zero-order valence-corrected chi connectivity index (χ0v) is 14.6. The topological polar surface area (TPSA) is 81.7 Å². The molecule has 0 fully saturated rings. The van der Waals surface area contributed by atoms with E-state index in [1.807, 2.05) is 6.26 Å². The third kappa shape index (κ3) is 4.48. The Balaban J connectivity index is 3.04. The van der Waals surface area contributed by atoms with Crippen molar-refractivity contribution in [1.82, 2.24) is 0 Å². The highest BCUT2D eigenvalue weighted by Crippen LogP contribution is 2.34. The molecule has 0 radical (unpaired) electrons. The van der Waals surface area contributed by atoms with Crippen molar-refractivity contribution in [3.8, 4) is 0 Å². The molecule has 1 rings (SSSR count). The molecule has 8 heteroatoms. The molecule has 22 heavy (non-hydrogen) atoms. The zero-order chi connectivity index (χ0) is 16.7. The number of hydrogen-bond donors (Lipinski definition) is 1. The summed E-state index contributed by atoms with van der Waals surface area (Å²) in [5.74, 6) is -0.454. The van der Waals surface area contributed by atoms with Crippen LogP contribution in [0.4, 0.5) is 5.00 Å². The minimum Gasteiger partial charge on any atom is -0.465 e. The summed E-state index contributed by atoms with van der Waals surface area (Å²) < 4.78 is 9.41. The van der Waals surface area contributed by atoms with Gasteiger partial charge in [0.25, 0.3) is 0 Å². The molecule has 0 aliphatic rings. The van der Waals surface area contributed by atoms with Gasteiger partial charge in [-0.25, -0.2) is 9.59 Å². The number of carbonyl (C=O) groups is 3. The lowest BCUT2D eigenvalue weighted by molar-refractivity contribution is -0.116. The predicted molar refractivity (Wildman–Crippen MR) is 88.0 cm³/mol. The third-order valence-electron chi connectivity index (χ3n) is 2.91. The Hall–Kier alpha value is -1.54. The SMILES string of the molecule is COC(=O)c1sc(NC(=O)CCCSC)c(C(=O)OC)c1C. The second-order valence-corrected chi connectivity index (χ2v) is 6.39. The second-order valence-electron chi connectivity index (χ2n) is 4.39. The minimum absolute atomic E-state index is 0.197. The van der Waals surface area contributed by atoms with Crippen molar-refractivity contribution in [2.45, 2.75) is 19.8 Å². The molecule has 0 saturated heterocycles. The lowest BCUT2D eigenvalue weighted by atomic mass is 10.1. The molecule has 0 aromatic carbocycles. The maximum absolute atomic E-state index is 11.9. The monoisotopic (exact) mass is 345 g/mol. The number of carbonyl (C=O) groups excluding carboxylic acids is 3. The Kier molecular flexibility index (Phi) is 7.40. The van der Waals surface area contributed by atoms with Gasteiger partial charge in [-0.1, -0.05) is 0 Å². The first-order chi connectivity index (χ1) is 10.5. The van der Waals surface area contributed by atoms with Crippen molar-refractivity contribution in [1.29, 1.82) is 0 Å². The van der Waals surface area contributed by atoms with Gasteiger partial charge in [-0.05, 0) is 30.9 Å². The first-order valence-electron chi connectivity index (χ1n) is 6.55. The molecule has 1 aromatic rings. The molecule has 0 atom stereocenters. The van der Waals surface area contributed by atoms with Crippen molar-refractivity contribution < 1.29 is 23.9 Å². The van der Waals surface area contributed by atoms with Crippen LogP contribution in [-0.4, -0.2) is 44.1 Å². The van der Waals surface area contributed by atoms with Crippen molar-refractivity contribution >= 4 is 45.9 Å². The summed E-state index contributed by atoms with van der Waals surface area (Å²) in [4.78, 5) is 35.8. The van der Waals surface area contributed by atoms with Crippen LogP contribution >= 0.6 is 23.1 Å². The Morgan fingerprint density at radius 2 is 1.82 bits per heavy atom. The molecule has 0 saturated carbocycles. The van der Waals surface area contributed by atoms with Gasteiger partial charge in [-0.2, -0.15) is 11.8 Å². The molecule has 1 amide bonds. The van der Waals surface area contributed by atoms with E-state index in [0.29, 0.717) is 17.0 Å². The largest absolute Gasteiger partial charge is 0.465 e. The van der Waals surface area contributed by atoms with Gasteiger partial charge in [0.15, 0.2) is 0 Å². The number of rotatable bonds is 7. The molecule has 0 aliphatic heterocycles. The van der Waals surface area contributed by atoms with Crippen LogP contribution in [0.5, 0.6) is 0 Å². The van der Waals surface area contributed by atoms with Crippen LogP contribution in [0.2, 0.25) is 0 Å². The highest BCUT2D eigenvalue weighted by atomic mass is 32.2. The van der Waals surface area contributed by atoms with Crippen LogP contribution in [0, 0.1) is 6.92 Å². The van der Waals surface area contributed by atoms with E-state index < -0.39 is 11.9 Å².